The number of hydrogen-bond donors (Lipinski definition) is 1. The maximum absolute atomic E-state index is 12.9. The second kappa shape index (κ2) is 3.74. The number of nitrogens with one attached hydrogen (secondary N) is 1. The molecule has 0 bridgehead atoms. The first-order chi connectivity index (χ1) is 9.11. The Bertz CT molecular complexity index is 500. The van der Waals surface area contributed by atoms with E-state index in [9.17, 15) is 8.78 Å². The number of halogens is 2. The Balaban J connectivity index is 1.53. The lowest BCUT2D eigenvalue weighted by molar-refractivity contribution is -0.286. The van der Waals surface area contributed by atoms with Crippen LogP contribution in [-0.4, -0.2) is 12.3 Å². The number of anilines is 1. The van der Waals surface area contributed by atoms with Crippen LogP contribution in [0.5, 0.6) is 11.5 Å². The van der Waals surface area contributed by atoms with Crippen molar-refractivity contribution in [3.8, 4) is 11.5 Å². The van der Waals surface area contributed by atoms with Gasteiger partial charge in [-0.2, -0.15) is 0 Å². The molecule has 102 valence electrons. The van der Waals surface area contributed by atoms with Crippen LogP contribution < -0.4 is 14.8 Å². The van der Waals surface area contributed by atoms with Crippen LogP contribution in [0.1, 0.15) is 25.7 Å². The van der Waals surface area contributed by atoms with Crippen LogP contribution in [0.25, 0.3) is 0 Å². The summed E-state index contributed by atoms with van der Waals surface area (Å²) in [4.78, 5) is 0. The highest BCUT2D eigenvalue weighted by atomic mass is 19.3. The van der Waals surface area contributed by atoms with Crippen molar-refractivity contribution >= 4 is 5.69 Å². The molecule has 1 N–H and O–H groups in total. The summed E-state index contributed by atoms with van der Waals surface area (Å²) in [5.41, 5.74) is 0.837. The van der Waals surface area contributed by atoms with Crippen molar-refractivity contribution in [2.24, 2.45) is 11.8 Å². The van der Waals surface area contributed by atoms with E-state index in [0.29, 0.717) is 6.04 Å². The molecule has 5 heteroatoms. The fraction of sp³-hybridized carbons (Fsp3) is 0.571. The van der Waals surface area contributed by atoms with Gasteiger partial charge in [0.05, 0.1) is 0 Å². The molecule has 1 aromatic rings. The lowest BCUT2D eigenvalue weighted by Crippen LogP contribution is -2.26. The first-order valence-corrected chi connectivity index (χ1v) is 6.77. The zero-order chi connectivity index (χ0) is 13.0. The molecule has 3 aliphatic rings. The molecule has 0 amide bonds. The summed E-state index contributed by atoms with van der Waals surface area (Å²) in [6, 6.07) is 5.41. The second-order valence-electron chi connectivity index (χ2n) is 5.67. The Morgan fingerprint density at radius 1 is 1.05 bits per heavy atom. The third-order valence-corrected chi connectivity index (χ3v) is 3.99. The number of ether oxygens (including phenoxy) is 2. The van der Waals surface area contributed by atoms with Gasteiger partial charge in [0.15, 0.2) is 11.5 Å². The van der Waals surface area contributed by atoms with Crippen LogP contribution in [0.15, 0.2) is 18.2 Å². The monoisotopic (exact) mass is 267 g/mol. The summed E-state index contributed by atoms with van der Waals surface area (Å²) in [5, 5.41) is 3.48. The van der Waals surface area contributed by atoms with Gasteiger partial charge < -0.3 is 14.8 Å². The SMILES string of the molecule is FC1(F)Oc2ccc(NC(C3CC3)C3CC3)cc2O1. The Labute approximate surface area is 109 Å². The van der Waals surface area contributed by atoms with Crippen molar-refractivity contribution in [1.82, 2.24) is 0 Å². The molecule has 3 nitrogen and oxygen atoms in total. The Kier molecular flexibility index (Phi) is 2.23. The maximum Gasteiger partial charge on any atom is 0.586 e. The van der Waals surface area contributed by atoms with Crippen LogP contribution in [0.4, 0.5) is 14.5 Å². The molecular weight excluding hydrogens is 252 g/mol. The highest BCUT2D eigenvalue weighted by Gasteiger charge is 2.44. The molecule has 0 radical (unpaired) electrons. The normalized spacial score (nSPS) is 23.7. The van der Waals surface area contributed by atoms with Gasteiger partial charge in [-0.25, -0.2) is 0 Å². The van der Waals surface area contributed by atoms with E-state index in [1.807, 2.05) is 0 Å². The minimum Gasteiger partial charge on any atom is -0.395 e. The first kappa shape index (κ1) is 11.3. The van der Waals surface area contributed by atoms with Gasteiger partial charge in [-0.15, -0.1) is 8.78 Å². The maximum atomic E-state index is 12.9. The third kappa shape index (κ3) is 2.22. The molecule has 0 spiro atoms. The topological polar surface area (TPSA) is 30.5 Å². The summed E-state index contributed by atoms with van der Waals surface area (Å²) >= 11 is 0. The van der Waals surface area contributed by atoms with E-state index in [1.54, 1.807) is 12.1 Å². The molecule has 0 atom stereocenters. The fourth-order valence-electron chi connectivity index (χ4n) is 2.76. The van der Waals surface area contributed by atoms with Crippen molar-refractivity contribution in [2.75, 3.05) is 5.32 Å². The summed E-state index contributed by atoms with van der Waals surface area (Å²) in [6.07, 6.45) is 1.56. The summed E-state index contributed by atoms with van der Waals surface area (Å²) < 4.78 is 34.7. The van der Waals surface area contributed by atoms with Gasteiger partial charge in [-0.05, 0) is 49.7 Å². The number of alkyl halides is 2. The summed E-state index contributed by atoms with van der Waals surface area (Å²) in [7, 11) is 0. The zero-order valence-corrected chi connectivity index (χ0v) is 10.4. The van der Waals surface area contributed by atoms with Gasteiger partial charge in [0.2, 0.25) is 0 Å². The molecule has 19 heavy (non-hydrogen) atoms. The summed E-state index contributed by atoms with van der Waals surface area (Å²) in [5.74, 6) is 1.71. The number of hydrogen-bond acceptors (Lipinski definition) is 3. The van der Waals surface area contributed by atoms with E-state index < -0.39 is 6.29 Å². The Morgan fingerprint density at radius 2 is 1.68 bits per heavy atom. The van der Waals surface area contributed by atoms with Gasteiger partial charge in [0.25, 0.3) is 0 Å². The van der Waals surface area contributed by atoms with Crippen LogP contribution in [-0.2, 0) is 0 Å². The molecular formula is C14H15F2NO2. The van der Waals surface area contributed by atoms with Crippen molar-refractivity contribution in [2.45, 2.75) is 38.0 Å². The molecule has 0 unspecified atom stereocenters. The standard InChI is InChI=1S/C14H15F2NO2/c15-14(16)18-11-6-5-10(7-12(11)19-14)17-13(8-1-2-8)9-3-4-9/h5-9,13,17H,1-4H2. The zero-order valence-electron chi connectivity index (χ0n) is 10.4. The van der Waals surface area contributed by atoms with Gasteiger partial charge in [-0.3, -0.25) is 0 Å². The van der Waals surface area contributed by atoms with E-state index >= 15 is 0 Å². The lowest BCUT2D eigenvalue weighted by Gasteiger charge is -2.19. The van der Waals surface area contributed by atoms with Gasteiger partial charge >= 0.3 is 6.29 Å². The Morgan fingerprint density at radius 3 is 2.32 bits per heavy atom. The largest absolute Gasteiger partial charge is 0.586 e. The molecule has 1 aromatic carbocycles. The third-order valence-electron chi connectivity index (χ3n) is 3.99. The van der Waals surface area contributed by atoms with Gasteiger partial charge in [0, 0.05) is 17.8 Å². The Hall–Kier alpha value is -1.52. The fourth-order valence-corrected chi connectivity index (χ4v) is 2.76. The number of fused-ring (bicyclic) bond motifs is 1. The molecule has 1 aliphatic heterocycles. The quantitative estimate of drug-likeness (QED) is 0.904. The first-order valence-electron chi connectivity index (χ1n) is 6.77. The highest BCUT2D eigenvalue weighted by molar-refractivity contribution is 5.56. The number of benzene rings is 1. The second-order valence-corrected chi connectivity index (χ2v) is 5.67. The van der Waals surface area contributed by atoms with Gasteiger partial charge in [-0.1, -0.05) is 0 Å². The van der Waals surface area contributed by atoms with Crippen molar-refractivity contribution in [3.05, 3.63) is 18.2 Å². The van der Waals surface area contributed by atoms with E-state index in [0.717, 1.165) is 17.5 Å². The highest BCUT2D eigenvalue weighted by Crippen LogP contribution is 2.47. The summed E-state index contributed by atoms with van der Waals surface area (Å²) in [6.45, 7) is 0. The van der Waals surface area contributed by atoms with Crippen LogP contribution in [0, 0.1) is 11.8 Å². The predicted octanol–water partition coefficient (Wildman–Crippen LogP) is 3.61. The van der Waals surface area contributed by atoms with Crippen molar-refractivity contribution in [1.29, 1.82) is 0 Å². The molecule has 4 rings (SSSR count). The predicted molar refractivity (Wildman–Crippen MR) is 65.5 cm³/mol. The van der Waals surface area contributed by atoms with Crippen LogP contribution in [0.2, 0.25) is 0 Å². The molecule has 2 saturated carbocycles. The van der Waals surface area contributed by atoms with Crippen molar-refractivity contribution in [3.63, 3.8) is 0 Å². The average Bonchev–Trinajstić information content (AvgIpc) is 3.22. The van der Waals surface area contributed by atoms with Crippen LogP contribution >= 0.6 is 0 Å². The van der Waals surface area contributed by atoms with E-state index in [2.05, 4.69) is 14.8 Å². The van der Waals surface area contributed by atoms with E-state index in [-0.39, 0.29) is 11.5 Å². The van der Waals surface area contributed by atoms with E-state index in [1.165, 1.54) is 31.7 Å². The van der Waals surface area contributed by atoms with Crippen LogP contribution in [0.3, 0.4) is 0 Å². The molecule has 0 aromatic heterocycles. The molecule has 0 saturated heterocycles. The van der Waals surface area contributed by atoms with Crippen molar-refractivity contribution < 1.29 is 18.3 Å². The average molecular weight is 267 g/mol. The minimum atomic E-state index is -3.53. The minimum absolute atomic E-state index is 0.102. The number of rotatable bonds is 4. The molecule has 1 heterocycles. The lowest BCUT2D eigenvalue weighted by atomic mass is 10.1. The molecule has 2 fully saturated rings. The smallest absolute Gasteiger partial charge is 0.395 e. The van der Waals surface area contributed by atoms with E-state index in [4.69, 9.17) is 0 Å². The van der Waals surface area contributed by atoms with Gasteiger partial charge in [0.1, 0.15) is 0 Å². The molecule has 2 aliphatic carbocycles.